The highest BCUT2D eigenvalue weighted by atomic mass is 16.4. The van der Waals surface area contributed by atoms with E-state index in [1.165, 1.54) is 0 Å². The van der Waals surface area contributed by atoms with Crippen LogP contribution in [0.5, 0.6) is 0 Å². The number of hydrogen-bond acceptors (Lipinski definition) is 5. The number of nitrogens with zero attached hydrogens (tertiary/aromatic N) is 3. The summed E-state index contributed by atoms with van der Waals surface area (Å²) in [5.74, 6) is -0.538. The second-order valence-electron chi connectivity index (χ2n) is 3.92. The van der Waals surface area contributed by atoms with E-state index in [1.54, 1.807) is 19.0 Å². The average Bonchev–Trinajstić information content (AvgIpc) is 2.27. The van der Waals surface area contributed by atoms with E-state index in [-0.39, 0.29) is 5.69 Å². The lowest BCUT2D eigenvalue weighted by Gasteiger charge is -2.20. The molecule has 0 atom stereocenters. The molecule has 6 heteroatoms. The summed E-state index contributed by atoms with van der Waals surface area (Å²) in [6.45, 7) is 1.36. The number of nitrogens with one attached hydrogen (secondary N) is 1. The van der Waals surface area contributed by atoms with Gasteiger partial charge in [-0.2, -0.15) is 0 Å². The van der Waals surface area contributed by atoms with Crippen LogP contribution in [0.3, 0.4) is 0 Å². The fourth-order valence-electron chi connectivity index (χ4n) is 1.71. The van der Waals surface area contributed by atoms with Crippen LogP contribution in [-0.2, 0) is 13.0 Å². The first-order chi connectivity index (χ1) is 7.59. The molecular formula is C10H14N4O2. The smallest absolute Gasteiger partial charge is 0.355 e. The molecule has 6 nitrogen and oxygen atoms in total. The SMILES string of the molecule is CN(C)c1nc2c(c(C(=O)O)n1)CNCC2. The minimum atomic E-state index is -0.995. The first-order valence-electron chi connectivity index (χ1n) is 5.10. The van der Waals surface area contributed by atoms with E-state index in [2.05, 4.69) is 15.3 Å². The molecule has 16 heavy (non-hydrogen) atoms. The third-order valence-electron chi connectivity index (χ3n) is 2.52. The predicted octanol–water partition coefficient (Wildman–Crippen LogP) is -0.114. The summed E-state index contributed by atoms with van der Waals surface area (Å²) in [6.07, 6.45) is 0.749. The second-order valence-corrected chi connectivity index (χ2v) is 3.92. The number of carbonyl (C=O) groups is 1. The normalized spacial score (nSPS) is 14.4. The number of aromatic nitrogens is 2. The van der Waals surface area contributed by atoms with Crippen LogP contribution in [0.4, 0.5) is 5.95 Å². The Hall–Kier alpha value is -1.69. The molecule has 0 unspecified atom stereocenters. The summed E-state index contributed by atoms with van der Waals surface area (Å²) >= 11 is 0. The molecule has 0 saturated heterocycles. The lowest BCUT2D eigenvalue weighted by atomic mass is 10.1. The standard InChI is InChI=1S/C10H14N4O2/c1-14(2)10-12-7-3-4-11-5-6(7)8(13-10)9(15)16/h11H,3-5H2,1-2H3,(H,15,16). The van der Waals surface area contributed by atoms with Crippen LogP contribution in [0.25, 0.3) is 0 Å². The Bertz CT molecular complexity index is 431. The van der Waals surface area contributed by atoms with Crippen LogP contribution in [0.2, 0.25) is 0 Å². The molecule has 0 saturated carbocycles. The number of rotatable bonds is 2. The number of fused-ring (bicyclic) bond motifs is 1. The molecule has 0 aromatic carbocycles. The highest BCUT2D eigenvalue weighted by molar-refractivity contribution is 5.87. The van der Waals surface area contributed by atoms with Crippen molar-refractivity contribution in [3.8, 4) is 0 Å². The molecule has 1 aliphatic heterocycles. The van der Waals surface area contributed by atoms with Gasteiger partial charge >= 0.3 is 5.97 Å². The zero-order valence-corrected chi connectivity index (χ0v) is 9.32. The Balaban J connectivity index is 2.56. The average molecular weight is 222 g/mol. The Morgan fingerprint density at radius 1 is 1.44 bits per heavy atom. The molecular weight excluding hydrogens is 208 g/mol. The van der Waals surface area contributed by atoms with Crippen molar-refractivity contribution < 1.29 is 9.90 Å². The quantitative estimate of drug-likeness (QED) is 0.726. The monoisotopic (exact) mass is 222 g/mol. The topological polar surface area (TPSA) is 78.4 Å². The minimum absolute atomic E-state index is 0.112. The molecule has 0 radical (unpaired) electrons. The summed E-state index contributed by atoms with van der Waals surface area (Å²) in [6, 6.07) is 0. The summed E-state index contributed by atoms with van der Waals surface area (Å²) in [5.41, 5.74) is 1.67. The van der Waals surface area contributed by atoms with Crippen molar-refractivity contribution in [2.75, 3.05) is 25.5 Å². The molecule has 2 heterocycles. The maximum atomic E-state index is 11.1. The Morgan fingerprint density at radius 3 is 2.81 bits per heavy atom. The van der Waals surface area contributed by atoms with E-state index in [4.69, 9.17) is 5.11 Å². The van der Waals surface area contributed by atoms with Crippen LogP contribution in [0.15, 0.2) is 0 Å². The van der Waals surface area contributed by atoms with Crippen molar-refractivity contribution in [3.05, 3.63) is 17.0 Å². The molecule has 1 aromatic rings. The Kier molecular flexibility index (Phi) is 2.74. The third kappa shape index (κ3) is 1.83. The summed E-state index contributed by atoms with van der Waals surface area (Å²) in [7, 11) is 3.60. The fraction of sp³-hybridized carbons (Fsp3) is 0.500. The van der Waals surface area contributed by atoms with Gasteiger partial charge in [0, 0.05) is 39.2 Å². The molecule has 1 aliphatic rings. The maximum absolute atomic E-state index is 11.1. The van der Waals surface area contributed by atoms with Gasteiger partial charge in [-0.3, -0.25) is 0 Å². The second kappa shape index (κ2) is 4.05. The van der Waals surface area contributed by atoms with Crippen LogP contribution >= 0.6 is 0 Å². The lowest BCUT2D eigenvalue weighted by Crippen LogP contribution is -2.29. The summed E-state index contributed by atoms with van der Waals surface area (Å²) in [5, 5.41) is 12.2. The van der Waals surface area contributed by atoms with Crippen LogP contribution in [0.1, 0.15) is 21.7 Å². The molecule has 2 rings (SSSR count). The highest BCUT2D eigenvalue weighted by Crippen LogP contribution is 2.18. The van der Waals surface area contributed by atoms with Gasteiger partial charge in [0.25, 0.3) is 0 Å². The first-order valence-corrected chi connectivity index (χ1v) is 5.10. The van der Waals surface area contributed by atoms with Gasteiger partial charge in [-0.25, -0.2) is 14.8 Å². The molecule has 0 aliphatic carbocycles. The summed E-state index contributed by atoms with van der Waals surface area (Å²) in [4.78, 5) is 21.3. The summed E-state index contributed by atoms with van der Waals surface area (Å²) < 4.78 is 0. The van der Waals surface area contributed by atoms with Crippen molar-refractivity contribution in [2.24, 2.45) is 0 Å². The lowest BCUT2D eigenvalue weighted by molar-refractivity contribution is 0.0688. The van der Waals surface area contributed by atoms with Crippen LogP contribution in [-0.4, -0.2) is 41.7 Å². The van der Waals surface area contributed by atoms with Gasteiger partial charge in [-0.15, -0.1) is 0 Å². The van der Waals surface area contributed by atoms with E-state index < -0.39 is 5.97 Å². The molecule has 1 aromatic heterocycles. The molecule has 2 N–H and O–H groups in total. The van der Waals surface area contributed by atoms with E-state index in [0.717, 1.165) is 18.7 Å². The first kappa shape index (κ1) is 10.8. The predicted molar refractivity (Wildman–Crippen MR) is 58.7 cm³/mol. The van der Waals surface area contributed by atoms with Crippen molar-refractivity contribution in [3.63, 3.8) is 0 Å². The van der Waals surface area contributed by atoms with Crippen molar-refractivity contribution >= 4 is 11.9 Å². The van der Waals surface area contributed by atoms with Crippen LogP contribution < -0.4 is 10.2 Å². The highest BCUT2D eigenvalue weighted by Gasteiger charge is 2.21. The van der Waals surface area contributed by atoms with Gasteiger partial charge in [0.15, 0.2) is 5.69 Å². The van der Waals surface area contributed by atoms with Gasteiger partial charge in [-0.1, -0.05) is 0 Å². The fourth-order valence-corrected chi connectivity index (χ4v) is 1.71. The van der Waals surface area contributed by atoms with Gasteiger partial charge in [0.2, 0.25) is 5.95 Å². The van der Waals surface area contributed by atoms with E-state index in [9.17, 15) is 4.79 Å². The number of carboxylic acid groups (broad SMARTS) is 1. The van der Waals surface area contributed by atoms with Gasteiger partial charge in [-0.05, 0) is 0 Å². The number of aromatic carboxylic acids is 1. The van der Waals surface area contributed by atoms with Gasteiger partial charge in [0.1, 0.15) is 0 Å². The zero-order valence-electron chi connectivity index (χ0n) is 9.32. The molecule has 0 amide bonds. The Morgan fingerprint density at radius 2 is 2.19 bits per heavy atom. The maximum Gasteiger partial charge on any atom is 0.355 e. The van der Waals surface area contributed by atoms with Gasteiger partial charge < -0.3 is 15.3 Å². The van der Waals surface area contributed by atoms with Gasteiger partial charge in [0.05, 0.1) is 5.69 Å². The minimum Gasteiger partial charge on any atom is -0.476 e. The van der Waals surface area contributed by atoms with E-state index >= 15 is 0 Å². The largest absolute Gasteiger partial charge is 0.476 e. The Labute approximate surface area is 93.3 Å². The van der Waals surface area contributed by atoms with Crippen LogP contribution in [0, 0.1) is 0 Å². The van der Waals surface area contributed by atoms with Crippen molar-refractivity contribution in [1.82, 2.24) is 15.3 Å². The number of hydrogen-bond donors (Lipinski definition) is 2. The third-order valence-corrected chi connectivity index (χ3v) is 2.52. The number of carboxylic acids is 1. The van der Waals surface area contributed by atoms with E-state index in [0.29, 0.717) is 18.1 Å². The molecule has 0 spiro atoms. The van der Waals surface area contributed by atoms with Crippen molar-refractivity contribution in [2.45, 2.75) is 13.0 Å². The van der Waals surface area contributed by atoms with Crippen molar-refractivity contribution in [1.29, 1.82) is 0 Å². The molecule has 0 fully saturated rings. The number of anilines is 1. The van der Waals surface area contributed by atoms with E-state index in [1.807, 2.05) is 0 Å². The molecule has 86 valence electrons. The molecule has 0 bridgehead atoms. The zero-order chi connectivity index (χ0) is 11.7.